The molecule has 0 saturated heterocycles. The van der Waals surface area contributed by atoms with Gasteiger partial charge in [-0.05, 0) is 49.6 Å². The molecule has 9 heteroatoms. The molecule has 158 valence electrons. The lowest BCUT2D eigenvalue weighted by atomic mass is 9.78. The zero-order valence-electron chi connectivity index (χ0n) is 17.2. The first-order valence-corrected chi connectivity index (χ1v) is 11.2. The van der Waals surface area contributed by atoms with E-state index in [4.69, 9.17) is 4.74 Å². The lowest BCUT2D eigenvalue weighted by Crippen LogP contribution is -2.43. The van der Waals surface area contributed by atoms with Crippen LogP contribution in [-0.4, -0.2) is 44.7 Å². The molecule has 0 bridgehead atoms. The van der Waals surface area contributed by atoms with E-state index in [9.17, 15) is 13.2 Å². The summed E-state index contributed by atoms with van der Waals surface area (Å²) < 4.78 is 32.0. The van der Waals surface area contributed by atoms with E-state index in [-0.39, 0.29) is 22.6 Å². The van der Waals surface area contributed by atoms with Crippen LogP contribution in [-0.2, 0) is 10.0 Å². The van der Waals surface area contributed by atoms with Crippen LogP contribution in [0.15, 0.2) is 29.2 Å². The Hall–Kier alpha value is -2.39. The summed E-state index contributed by atoms with van der Waals surface area (Å²) in [7, 11) is -0.954. The minimum absolute atomic E-state index is 0.0130. The maximum absolute atomic E-state index is 12.7. The van der Waals surface area contributed by atoms with E-state index in [2.05, 4.69) is 34.1 Å². The lowest BCUT2D eigenvalue weighted by molar-refractivity contribution is 0.0886. The maximum Gasteiger partial charge on any atom is 0.269 e. The summed E-state index contributed by atoms with van der Waals surface area (Å²) in [6.45, 7) is 4.39. The first kappa shape index (κ1) is 21.3. The first-order valence-electron chi connectivity index (χ1n) is 9.75. The molecule has 1 heterocycles. The van der Waals surface area contributed by atoms with Crippen molar-refractivity contribution >= 4 is 15.9 Å². The number of hydrogen-bond donors (Lipinski definition) is 3. The average molecular weight is 421 g/mol. The SMILES string of the molecule is CNS(=O)(=O)c1cc(-c2cc(C(=O)N[C@@H]3CCC[C@H](C)[C@H]3C)[nH]n2)ccc1OC. The molecule has 2 aromatic rings. The van der Waals surface area contributed by atoms with Gasteiger partial charge >= 0.3 is 0 Å². The van der Waals surface area contributed by atoms with Gasteiger partial charge in [0.1, 0.15) is 16.3 Å². The van der Waals surface area contributed by atoms with Gasteiger partial charge in [-0.3, -0.25) is 9.89 Å². The standard InChI is InChI=1S/C20H28N4O4S/c1-12-6-5-7-15(13(12)2)22-20(25)17-11-16(23-24-17)14-8-9-18(28-4)19(10-14)29(26,27)21-3/h8-13,15,21H,5-7H2,1-4H3,(H,22,25)(H,23,24)/t12-,13+,15+/m0/s1. The minimum atomic E-state index is -3.70. The van der Waals surface area contributed by atoms with Gasteiger partial charge in [0.05, 0.1) is 12.8 Å². The highest BCUT2D eigenvalue weighted by molar-refractivity contribution is 7.89. The Bertz CT molecular complexity index is 986. The second-order valence-electron chi connectivity index (χ2n) is 7.59. The Morgan fingerprint density at radius 1 is 1.24 bits per heavy atom. The highest BCUT2D eigenvalue weighted by atomic mass is 32.2. The summed E-state index contributed by atoms with van der Waals surface area (Å²) in [5.41, 5.74) is 1.39. The van der Waals surface area contributed by atoms with Crippen molar-refractivity contribution in [3.8, 4) is 17.0 Å². The summed E-state index contributed by atoms with van der Waals surface area (Å²) in [5.74, 6) is 1.03. The Kier molecular flexibility index (Phi) is 6.28. The number of rotatable bonds is 6. The molecule has 1 fully saturated rings. The fourth-order valence-electron chi connectivity index (χ4n) is 3.77. The average Bonchev–Trinajstić information content (AvgIpc) is 3.21. The molecular formula is C20H28N4O4S. The van der Waals surface area contributed by atoms with Crippen molar-refractivity contribution in [1.82, 2.24) is 20.2 Å². The second kappa shape index (κ2) is 8.54. The molecule has 0 radical (unpaired) electrons. The summed E-state index contributed by atoms with van der Waals surface area (Å²) >= 11 is 0. The van der Waals surface area contributed by atoms with Crippen molar-refractivity contribution in [3.63, 3.8) is 0 Å². The number of H-pyrrole nitrogens is 1. The minimum Gasteiger partial charge on any atom is -0.495 e. The zero-order valence-corrected chi connectivity index (χ0v) is 18.0. The molecule has 1 aromatic heterocycles. The maximum atomic E-state index is 12.7. The molecule has 1 saturated carbocycles. The molecule has 3 atom stereocenters. The van der Waals surface area contributed by atoms with Crippen molar-refractivity contribution in [1.29, 1.82) is 0 Å². The monoisotopic (exact) mass is 420 g/mol. The van der Waals surface area contributed by atoms with Gasteiger partial charge in [0.2, 0.25) is 10.0 Å². The highest BCUT2D eigenvalue weighted by Gasteiger charge is 2.29. The summed E-state index contributed by atoms with van der Waals surface area (Å²) in [4.78, 5) is 12.7. The molecule has 29 heavy (non-hydrogen) atoms. The molecule has 0 unspecified atom stereocenters. The number of nitrogens with one attached hydrogen (secondary N) is 3. The van der Waals surface area contributed by atoms with E-state index in [0.29, 0.717) is 28.8 Å². The van der Waals surface area contributed by atoms with E-state index < -0.39 is 10.0 Å². The quantitative estimate of drug-likeness (QED) is 0.665. The number of aromatic nitrogens is 2. The van der Waals surface area contributed by atoms with E-state index in [0.717, 1.165) is 12.8 Å². The van der Waals surface area contributed by atoms with Gasteiger partial charge in [-0.1, -0.05) is 26.7 Å². The molecule has 3 rings (SSSR count). The third-order valence-corrected chi connectivity index (χ3v) is 7.30. The highest BCUT2D eigenvalue weighted by Crippen LogP contribution is 2.31. The number of amides is 1. The van der Waals surface area contributed by atoms with Gasteiger partial charge in [-0.15, -0.1) is 0 Å². The van der Waals surface area contributed by atoms with E-state index in [1.807, 2.05) is 0 Å². The van der Waals surface area contributed by atoms with Crippen molar-refractivity contribution in [3.05, 3.63) is 30.0 Å². The molecule has 8 nitrogen and oxygen atoms in total. The molecule has 0 spiro atoms. The number of hydrogen-bond acceptors (Lipinski definition) is 5. The van der Waals surface area contributed by atoms with Crippen molar-refractivity contribution in [2.45, 2.75) is 44.0 Å². The number of methoxy groups -OCH3 is 1. The normalized spacial score (nSPS) is 22.3. The Morgan fingerprint density at radius 2 is 2.00 bits per heavy atom. The van der Waals surface area contributed by atoms with Gasteiger partial charge in [-0.25, -0.2) is 13.1 Å². The predicted molar refractivity (Wildman–Crippen MR) is 110 cm³/mol. The molecule has 1 aliphatic carbocycles. The first-order chi connectivity index (χ1) is 13.8. The number of nitrogens with zero attached hydrogens (tertiary/aromatic N) is 1. The van der Waals surface area contributed by atoms with E-state index in [1.165, 1.54) is 26.6 Å². The lowest BCUT2D eigenvalue weighted by Gasteiger charge is -2.34. The topological polar surface area (TPSA) is 113 Å². The Balaban J connectivity index is 1.83. The number of ether oxygens (including phenoxy) is 1. The van der Waals surface area contributed by atoms with Crippen molar-refractivity contribution < 1.29 is 17.9 Å². The van der Waals surface area contributed by atoms with E-state index >= 15 is 0 Å². The van der Waals surface area contributed by atoms with Crippen LogP contribution in [0.25, 0.3) is 11.3 Å². The molecule has 1 aromatic carbocycles. The fourth-order valence-corrected chi connectivity index (χ4v) is 4.69. The molecular weight excluding hydrogens is 392 g/mol. The summed E-state index contributed by atoms with van der Waals surface area (Å²) in [6.07, 6.45) is 3.28. The Labute approximate surface area is 171 Å². The van der Waals surface area contributed by atoms with Crippen LogP contribution in [0, 0.1) is 11.8 Å². The Morgan fingerprint density at radius 3 is 2.69 bits per heavy atom. The van der Waals surface area contributed by atoms with Crippen LogP contribution < -0.4 is 14.8 Å². The number of carbonyl (C=O) groups is 1. The molecule has 1 amide bonds. The van der Waals surface area contributed by atoms with Crippen molar-refractivity contribution in [2.24, 2.45) is 11.8 Å². The van der Waals surface area contributed by atoms with Gasteiger partial charge in [0.15, 0.2) is 0 Å². The van der Waals surface area contributed by atoms with Gasteiger partial charge in [-0.2, -0.15) is 5.10 Å². The molecule has 3 N–H and O–H groups in total. The predicted octanol–water partition coefficient (Wildman–Crippen LogP) is 2.55. The smallest absolute Gasteiger partial charge is 0.269 e. The third-order valence-electron chi connectivity index (χ3n) is 5.86. The fraction of sp³-hybridized carbons (Fsp3) is 0.500. The van der Waals surface area contributed by atoms with Crippen LogP contribution in [0.5, 0.6) is 5.75 Å². The van der Waals surface area contributed by atoms with Gasteiger partial charge in [0, 0.05) is 11.6 Å². The number of benzene rings is 1. The number of sulfonamides is 1. The summed E-state index contributed by atoms with van der Waals surface area (Å²) in [5, 5.41) is 10.1. The molecule has 0 aliphatic heterocycles. The van der Waals surface area contributed by atoms with Crippen LogP contribution in [0.4, 0.5) is 0 Å². The van der Waals surface area contributed by atoms with Gasteiger partial charge < -0.3 is 10.1 Å². The van der Waals surface area contributed by atoms with Crippen LogP contribution in [0.3, 0.4) is 0 Å². The largest absolute Gasteiger partial charge is 0.495 e. The number of aromatic amines is 1. The third kappa shape index (κ3) is 4.45. The zero-order chi connectivity index (χ0) is 21.2. The van der Waals surface area contributed by atoms with Gasteiger partial charge in [0.25, 0.3) is 5.91 Å². The second-order valence-corrected chi connectivity index (χ2v) is 9.44. The van der Waals surface area contributed by atoms with Crippen molar-refractivity contribution in [2.75, 3.05) is 14.2 Å². The molecule has 1 aliphatic rings. The van der Waals surface area contributed by atoms with Crippen LogP contribution >= 0.6 is 0 Å². The van der Waals surface area contributed by atoms with Crippen LogP contribution in [0.1, 0.15) is 43.6 Å². The summed E-state index contributed by atoms with van der Waals surface area (Å²) in [6, 6.07) is 6.53. The van der Waals surface area contributed by atoms with E-state index in [1.54, 1.807) is 18.2 Å². The number of carbonyl (C=O) groups excluding carboxylic acids is 1. The van der Waals surface area contributed by atoms with Crippen LogP contribution in [0.2, 0.25) is 0 Å².